The van der Waals surface area contributed by atoms with E-state index in [1.165, 1.54) is 8.99 Å². The van der Waals surface area contributed by atoms with Gasteiger partial charge in [0.05, 0.1) is 5.69 Å². The predicted octanol–water partition coefficient (Wildman–Crippen LogP) is 1.13. The van der Waals surface area contributed by atoms with Gasteiger partial charge >= 0.3 is 0 Å². The number of nitrogens with zero attached hydrogens (tertiary/aromatic N) is 3. The number of aryl methyl sites for hydroxylation is 2. The average Bonchev–Trinajstić information content (AvgIpc) is 2.63. The van der Waals surface area contributed by atoms with Gasteiger partial charge in [-0.15, -0.1) is 0 Å². The lowest BCUT2D eigenvalue weighted by molar-refractivity contribution is 0.192. The lowest BCUT2D eigenvalue weighted by Gasteiger charge is -2.38. The van der Waals surface area contributed by atoms with Crippen LogP contribution in [0, 0.1) is 12.8 Å². The molecule has 2 N–H and O–H groups in total. The Labute approximate surface area is 124 Å². The maximum absolute atomic E-state index is 12.9. The molecule has 1 fully saturated rings. The Morgan fingerprint density at radius 1 is 1.50 bits per heavy atom. The van der Waals surface area contributed by atoms with E-state index in [0.29, 0.717) is 18.8 Å². The number of rotatable bonds is 3. The number of hydrogen-bond donors (Lipinski definition) is 1. The fraction of sp³-hybridized carbons (Fsp3) is 0.750. The molecule has 0 saturated carbocycles. The lowest BCUT2D eigenvalue weighted by Crippen LogP contribution is -2.51. The minimum Gasteiger partial charge on any atom is -0.329 e. The molecule has 1 saturated heterocycles. The Morgan fingerprint density at radius 2 is 2.15 bits per heavy atom. The number of piperidine rings is 1. The summed E-state index contributed by atoms with van der Waals surface area (Å²) in [5, 5.41) is 4.24. The molecule has 1 aromatic heterocycles. The predicted molar refractivity (Wildman–Crippen MR) is 78.1 cm³/mol. The van der Waals surface area contributed by atoms with Crippen LogP contribution in [-0.4, -0.2) is 41.6 Å². The first kappa shape index (κ1) is 15.8. The maximum Gasteiger partial charge on any atom is 0.248 e. The zero-order valence-electron chi connectivity index (χ0n) is 12.0. The molecular weight excluding hydrogens is 300 g/mol. The second-order valence-electron chi connectivity index (χ2n) is 5.37. The molecule has 0 radical (unpaired) electrons. The van der Waals surface area contributed by atoms with E-state index in [-0.39, 0.29) is 22.0 Å². The highest BCUT2D eigenvalue weighted by Gasteiger charge is 2.39. The van der Waals surface area contributed by atoms with Crippen molar-refractivity contribution >= 4 is 21.6 Å². The van der Waals surface area contributed by atoms with Crippen LogP contribution in [0.15, 0.2) is 4.90 Å². The summed E-state index contributed by atoms with van der Waals surface area (Å²) in [5.74, 6) is 0.249. The first-order chi connectivity index (χ1) is 9.30. The van der Waals surface area contributed by atoms with Crippen molar-refractivity contribution in [2.24, 2.45) is 18.7 Å². The first-order valence-electron chi connectivity index (χ1n) is 6.71. The Morgan fingerprint density at radius 3 is 2.65 bits per heavy atom. The van der Waals surface area contributed by atoms with E-state index >= 15 is 0 Å². The molecule has 114 valence electrons. The molecule has 6 nitrogen and oxygen atoms in total. The lowest BCUT2D eigenvalue weighted by atomic mass is 9.93. The average molecular weight is 321 g/mol. The standard InChI is InChI=1S/C12H21ClN4O2S/c1-8-5-4-6-17(10(8)7-14)20(18,19)11-9(2)15-16(3)12(11)13/h8,10H,4-7,14H2,1-3H3/t8-,10-/m1/s1. The number of sulfonamides is 1. The van der Waals surface area contributed by atoms with Crippen molar-refractivity contribution < 1.29 is 8.42 Å². The van der Waals surface area contributed by atoms with Gasteiger partial charge in [0.1, 0.15) is 10.0 Å². The van der Waals surface area contributed by atoms with Gasteiger partial charge in [-0.25, -0.2) is 8.42 Å². The Hall–Kier alpha value is -0.630. The molecule has 0 unspecified atom stereocenters. The fourth-order valence-corrected chi connectivity index (χ4v) is 5.36. The van der Waals surface area contributed by atoms with Gasteiger partial charge in [0.25, 0.3) is 0 Å². The largest absolute Gasteiger partial charge is 0.329 e. The minimum atomic E-state index is -3.66. The zero-order valence-corrected chi connectivity index (χ0v) is 13.6. The van der Waals surface area contributed by atoms with Crippen LogP contribution in [-0.2, 0) is 17.1 Å². The topological polar surface area (TPSA) is 81.2 Å². The van der Waals surface area contributed by atoms with E-state index in [0.717, 1.165) is 12.8 Å². The third kappa shape index (κ3) is 2.47. The number of hydrogen-bond acceptors (Lipinski definition) is 4. The van der Waals surface area contributed by atoms with E-state index in [9.17, 15) is 8.42 Å². The Bertz CT molecular complexity index is 599. The molecule has 2 rings (SSSR count). The molecule has 0 spiro atoms. The summed E-state index contributed by atoms with van der Waals surface area (Å²) < 4.78 is 28.7. The molecule has 20 heavy (non-hydrogen) atoms. The maximum atomic E-state index is 12.9. The van der Waals surface area contributed by atoms with Crippen molar-refractivity contribution in [1.29, 1.82) is 0 Å². The summed E-state index contributed by atoms with van der Waals surface area (Å²) in [5.41, 5.74) is 6.20. The quantitative estimate of drug-likeness (QED) is 0.905. The van der Waals surface area contributed by atoms with Crippen molar-refractivity contribution in [3.05, 3.63) is 10.8 Å². The van der Waals surface area contributed by atoms with Crippen molar-refractivity contribution in [1.82, 2.24) is 14.1 Å². The summed E-state index contributed by atoms with van der Waals surface area (Å²) >= 11 is 6.11. The van der Waals surface area contributed by atoms with Crippen LogP contribution in [0.3, 0.4) is 0 Å². The molecule has 1 aliphatic heterocycles. The molecule has 0 bridgehead atoms. The van der Waals surface area contributed by atoms with Gasteiger partial charge < -0.3 is 5.73 Å². The summed E-state index contributed by atoms with van der Waals surface area (Å²) in [6.07, 6.45) is 1.83. The van der Waals surface area contributed by atoms with Crippen LogP contribution >= 0.6 is 11.6 Å². The summed E-state index contributed by atoms with van der Waals surface area (Å²) in [7, 11) is -2.03. The molecule has 0 amide bonds. The van der Waals surface area contributed by atoms with Gasteiger partial charge in [-0.05, 0) is 25.7 Å². The molecule has 1 aliphatic rings. The van der Waals surface area contributed by atoms with Gasteiger partial charge in [-0.3, -0.25) is 4.68 Å². The summed E-state index contributed by atoms with van der Waals surface area (Å²) in [6, 6.07) is -0.176. The van der Waals surface area contributed by atoms with Gasteiger partial charge in [-0.1, -0.05) is 18.5 Å². The monoisotopic (exact) mass is 320 g/mol. The number of aromatic nitrogens is 2. The molecule has 1 aromatic rings. The van der Waals surface area contributed by atoms with Crippen molar-refractivity contribution in [2.45, 2.75) is 37.6 Å². The van der Waals surface area contributed by atoms with Crippen LogP contribution in [0.2, 0.25) is 5.15 Å². The first-order valence-corrected chi connectivity index (χ1v) is 8.53. The van der Waals surface area contributed by atoms with Crippen LogP contribution in [0.5, 0.6) is 0 Å². The van der Waals surface area contributed by atoms with Gasteiger partial charge in [0, 0.05) is 26.2 Å². The fourth-order valence-electron chi connectivity index (χ4n) is 2.88. The SMILES string of the molecule is Cc1nn(C)c(Cl)c1S(=O)(=O)N1CCC[C@@H](C)[C@H]1CN. The Balaban J connectivity index is 2.48. The van der Waals surface area contributed by atoms with Crippen molar-refractivity contribution in [2.75, 3.05) is 13.1 Å². The zero-order chi connectivity index (χ0) is 15.1. The molecule has 8 heteroatoms. The summed E-state index contributed by atoms with van der Waals surface area (Å²) in [6.45, 7) is 4.50. The molecule has 0 aliphatic carbocycles. The summed E-state index contributed by atoms with van der Waals surface area (Å²) in [4.78, 5) is 0.106. The highest BCUT2D eigenvalue weighted by Crippen LogP contribution is 2.33. The molecular formula is C12H21ClN4O2S. The minimum absolute atomic E-state index is 0.106. The highest BCUT2D eigenvalue weighted by molar-refractivity contribution is 7.89. The van der Waals surface area contributed by atoms with E-state index in [2.05, 4.69) is 5.10 Å². The highest BCUT2D eigenvalue weighted by atomic mass is 35.5. The van der Waals surface area contributed by atoms with Crippen LogP contribution < -0.4 is 5.73 Å². The van der Waals surface area contributed by atoms with E-state index in [1.807, 2.05) is 6.92 Å². The molecule has 2 heterocycles. The van der Waals surface area contributed by atoms with Crippen molar-refractivity contribution in [3.63, 3.8) is 0 Å². The van der Waals surface area contributed by atoms with Gasteiger partial charge in [0.15, 0.2) is 0 Å². The number of nitrogens with two attached hydrogens (primary N) is 1. The molecule has 2 atom stereocenters. The molecule has 0 aromatic carbocycles. The smallest absolute Gasteiger partial charge is 0.248 e. The van der Waals surface area contributed by atoms with Crippen LogP contribution in [0.4, 0.5) is 0 Å². The van der Waals surface area contributed by atoms with E-state index in [1.54, 1.807) is 14.0 Å². The van der Waals surface area contributed by atoms with E-state index in [4.69, 9.17) is 17.3 Å². The second-order valence-corrected chi connectivity index (χ2v) is 7.55. The number of halogens is 1. The third-order valence-electron chi connectivity index (χ3n) is 3.97. The third-order valence-corrected chi connectivity index (χ3v) is 6.59. The van der Waals surface area contributed by atoms with Crippen LogP contribution in [0.1, 0.15) is 25.5 Å². The van der Waals surface area contributed by atoms with E-state index < -0.39 is 10.0 Å². The van der Waals surface area contributed by atoms with Gasteiger partial charge in [0.2, 0.25) is 10.0 Å². The Kier molecular flexibility index (Phi) is 4.44. The second kappa shape index (κ2) is 5.63. The van der Waals surface area contributed by atoms with Crippen LogP contribution in [0.25, 0.3) is 0 Å². The van der Waals surface area contributed by atoms with Gasteiger partial charge in [-0.2, -0.15) is 9.40 Å². The normalized spacial score (nSPS) is 25.1. The van der Waals surface area contributed by atoms with Crippen molar-refractivity contribution in [3.8, 4) is 0 Å².